The van der Waals surface area contributed by atoms with Gasteiger partial charge < -0.3 is 8.92 Å². The molecule has 0 amide bonds. The molecule has 3 aromatic rings. The third-order valence-electron chi connectivity index (χ3n) is 4.11. The molecular formula is C20H13ClO5S2. The maximum atomic E-state index is 12.5. The summed E-state index contributed by atoms with van der Waals surface area (Å²) in [5, 5.41) is 2.35. The molecule has 2 aromatic carbocycles. The van der Waals surface area contributed by atoms with E-state index in [0.29, 0.717) is 10.6 Å². The zero-order chi connectivity index (χ0) is 19.9. The van der Waals surface area contributed by atoms with Gasteiger partial charge in [-0.2, -0.15) is 8.42 Å². The third-order valence-corrected chi connectivity index (χ3v) is 6.59. The molecule has 8 heteroatoms. The average Bonchev–Trinajstić information content (AvgIpc) is 3.19. The van der Waals surface area contributed by atoms with Crippen molar-refractivity contribution in [1.82, 2.24) is 0 Å². The van der Waals surface area contributed by atoms with E-state index in [9.17, 15) is 13.2 Å². The quantitative estimate of drug-likeness (QED) is 0.424. The van der Waals surface area contributed by atoms with Gasteiger partial charge in [-0.1, -0.05) is 11.6 Å². The van der Waals surface area contributed by atoms with E-state index >= 15 is 0 Å². The Morgan fingerprint density at radius 2 is 1.86 bits per heavy atom. The number of thiophene rings is 1. The Labute approximate surface area is 170 Å². The van der Waals surface area contributed by atoms with Gasteiger partial charge in [-0.05, 0) is 60.3 Å². The summed E-state index contributed by atoms with van der Waals surface area (Å²) < 4.78 is 35.6. The van der Waals surface area contributed by atoms with E-state index in [-0.39, 0.29) is 27.9 Å². The molecule has 0 saturated carbocycles. The third kappa shape index (κ3) is 3.56. The number of fused-ring (bicyclic) bond motifs is 1. The highest BCUT2D eigenvalue weighted by atomic mass is 35.5. The first-order chi connectivity index (χ1) is 13.3. The van der Waals surface area contributed by atoms with Crippen LogP contribution >= 0.6 is 22.9 Å². The van der Waals surface area contributed by atoms with Crippen LogP contribution in [0.1, 0.15) is 20.8 Å². The number of Topliss-reactive ketones (excluding diaryl/α,β-unsaturated/α-hetero) is 1. The van der Waals surface area contributed by atoms with Crippen molar-refractivity contribution in [3.63, 3.8) is 0 Å². The second-order valence-corrected chi connectivity index (χ2v) is 8.99. The predicted octanol–water partition coefficient (Wildman–Crippen LogP) is 5.09. The molecule has 5 nitrogen and oxygen atoms in total. The average molecular weight is 433 g/mol. The number of ketones is 1. The number of rotatable bonds is 4. The van der Waals surface area contributed by atoms with Gasteiger partial charge in [0, 0.05) is 22.0 Å². The lowest BCUT2D eigenvalue weighted by molar-refractivity contribution is 0.101. The van der Waals surface area contributed by atoms with Gasteiger partial charge in [0.05, 0.1) is 5.56 Å². The molecule has 1 aliphatic rings. The maximum absolute atomic E-state index is 12.5. The van der Waals surface area contributed by atoms with E-state index in [1.165, 1.54) is 53.8 Å². The zero-order valence-electron chi connectivity index (χ0n) is 14.5. The lowest BCUT2D eigenvalue weighted by Crippen LogP contribution is -2.09. The fourth-order valence-corrected chi connectivity index (χ4v) is 4.54. The first-order valence-corrected chi connectivity index (χ1v) is 10.8. The largest absolute Gasteiger partial charge is 0.452 e. The van der Waals surface area contributed by atoms with E-state index < -0.39 is 10.1 Å². The summed E-state index contributed by atoms with van der Waals surface area (Å²) in [5.74, 6) is 0.248. The molecule has 0 N–H and O–H groups in total. The highest BCUT2D eigenvalue weighted by Gasteiger charge is 2.29. The molecule has 142 valence electrons. The van der Waals surface area contributed by atoms with Gasteiger partial charge in [0.15, 0.2) is 5.76 Å². The Morgan fingerprint density at radius 3 is 2.54 bits per heavy atom. The van der Waals surface area contributed by atoms with Gasteiger partial charge in [0.1, 0.15) is 16.4 Å². The Morgan fingerprint density at radius 1 is 1.11 bits per heavy atom. The number of hydrogen-bond acceptors (Lipinski definition) is 6. The standard InChI is InChI=1S/C20H13ClO5S2/c1-12-8-9-27-19(12)11-18-20(22)16-7-4-14(10-17(16)25-18)26-28(23,24)15-5-2-13(21)3-6-15/h2-11H,1H3. The van der Waals surface area contributed by atoms with Crippen LogP contribution in [-0.2, 0) is 10.1 Å². The molecule has 1 aliphatic heterocycles. The smallest absolute Gasteiger partial charge is 0.339 e. The minimum atomic E-state index is -4.03. The van der Waals surface area contributed by atoms with E-state index in [1.807, 2.05) is 18.4 Å². The summed E-state index contributed by atoms with van der Waals surface area (Å²) in [5.41, 5.74) is 1.40. The highest BCUT2D eigenvalue weighted by molar-refractivity contribution is 7.87. The molecule has 0 fully saturated rings. The van der Waals surface area contributed by atoms with Gasteiger partial charge in [-0.25, -0.2) is 0 Å². The van der Waals surface area contributed by atoms with E-state index in [4.69, 9.17) is 20.5 Å². The van der Waals surface area contributed by atoms with Crippen molar-refractivity contribution in [2.24, 2.45) is 0 Å². The SMILES string of the molecule is Cc1ccsc1C=C1Oc2cc(OS(=O)(=O)c3ccc(Cl)cc3)ccc2C1=O. The van der Waals surface area contributed by atoms with Crippen molar-refractivity contribution in [3.05, 3.63) is 80.7 Å². The zero-order valence-corrected chi connectivity index (χ0v) is 16.9. The molecule has 1 aromatic heterocycles. The molecule has 2 heterocycles. The van der Waals surface area contributed by atoms with Crippen LogP contribution < -0.4 is 8.92 Å². The molecule has 0 atom stereocenters. The first kappa shape index (κ1) is 18.7. The van der Waals surface area contributed by atoms with Gasteiger partial charge in [0.25, 0.3) is 0 Å². The summed E-state index contributed by atoms with van der Waals surface area (Å²) in [4.78, 5) is 13.4. The van der Waals surface area contributed by atoms with Crippen molar-refractivity contribution in [1.29, 1.82) is 0 Å². The van der Waals surface area contributed by atoms with Gasteiger partial charge in [-0.15, -0.1) is 11.3 Å². The molecule has 28 heavy (non-hydrogen) atoms. The number of halogens is 1. The van der Waals surface area contributed by atoms with Crippen molar-refractivity contribution < 1.29 is 22.1 Å². The van der Waals surface area contributed by atoms with Crippen LogP contribution in [0.5, 0.6) is 11.5 Å². The summed E-state index contributed by atoms with van der Waals surface area (Å²) in [6.45, 7) is 1.95. The van der Waals surface area contributed by atoms with Crippen LogP contribution in [0.2, 0.25) is 5.02 Å². The lowest BCUT2D eigenvalue weighted by atomic mass is 10.1. The van der Waals surface area contributed by atoms with Crippen molar-refractivity contribution in [2.75, 3.05) is 0 Å². The van der Waals surface area contributed by atoms with E-state index in [2.05, 4.69) is 0 Å². The van der Waals surface area contributed by atoms with Crippen LogP contribution in [0.3, 0.4) is 0 Å². The topological polar surface area (TPSA) is 69.7 Å². The summed E-state index contributed by atoms with van der Waals surface area (Å²) in [7, 11) is -4.03. The number of aryl methyl sites for hydroxylation is 1. The fourth-order valence-electron chi connectivity index (χ4n) is 2.65. The van der Waals surface area contributed by atoms with Crippen molar-refractivity contribution in [2.45, 2.75) is 11.8 Å². The molecule has 0 bridgehead atoms. The number of hydrogen-bond donors (Lipinski definition) is 0. The molecule has 0 radical (unpaired) electrons. The summed E-state index contributed by atoms with van der Waals surface area (Å²) >= 11 is 7.29. The number of carbonyl (C=O) groups excluding carboxylic acids is 1. The Hall–Kier alpha value is -2.61. The van der Waals surface area contributed by atoms with Gasteiger partial charge >= 0.3 is 10.1 Å². The number of ether oxygens (including phenoxy) is 1. The van der Waals surface area contributed by atoms with Crippen LogP contribution in [-0.4, -0.2) is 14.2 Å². The Balaban J connectivity index is 1.60. The second kappa shape index (κ2) is 7.09. The van der Waals surface area contributed by atoms with Crippen molar-refractivity contribution in [3.8, 4) is 11.5 Å². The van der Waals surface area contributed by atoms with Crippen LogP contribution in [0, 0.1) is 6.92 Å². The molecule has 0 saturated heterocycles. The second-order valence-electron chi connectivity index (χ2n) is 6.06. The number of benzene rings is 2. The lowest BCUT2D eigenvalue weighted by Gasteiger charge is -2.08. The first-order valence-electron chi connectivity index (χ1n) is 8.16. The molecule has 0 aliphatic carbocycles. The van der Waals surface area contributed by atoms with Crippen LogP contribution in [0.4, 0.5) is 0 Å². The highest BCUT2D eigenvalue weighted by Crippen LogP contribution is 2.36. The van der Waals surface area contributed by atoms with E-state index in [0.717, 1.165) is 10.4 Å². The van der Waals surface area contributed by atoms with E-state index in [1.54, 1.807) is 6.08 Å². The Kier molecular flexibility index (Phi) is 4.74. The number of carbonyl (C=O) groups is 1. The Bertz CT molecular complexity index is 1210. The summed E-state index contributed by atoms with van der Waals surface area (Å²) in [6.07, 6.45) is 1.69. The monoisotopic (exact) mass is 432 g/mol. The van der Waals surface area contributed by atoms with Crippen LogP contribution in [0.15, 0.2) is 64.6 Å². The summed E-state index contributed by atoms with van der Waals surface area (Å²) in [6, 6.07) is 11.9. The molecular weight excluding hydrogens is 420 g/mol. The van der Waals surface area contributed by atoms with Crippen molar-refractivity contribution >= 4 is 44.9 Å². The fraction of sp³-hybridized carbons (Fsp3) is 0.0500. The van der Waals surface area contributed by atoms with Gasteiger partial charge in [-0.3, -0.25) is 4.79 Å². The number of allylic oxidation sites excluding steroid dienone is 1. The minimum absolute atomic E-state index is 0.0249. The molecule has 4 rings (SSSR count). The minimum Gasteiger partial charge on any atom is -0.452 e. The van der Waals surface area contributed by atoms with Crippen LogP contribution in [0.25, 0.3) is 6.08 Å². The molecule has 0 spiro atoms. The molecule has 0 unspecified atom stereocenters. The normalized spacial score (nSPS) is 14.8. The predicted molar refractivity (Wildman–Crippen MR) is 108 cm³/mol. The maximum Gasteiger partial charge on any atom is 0.339 e. The van der Waals surface area contributed by atoms with Gasteiger partial charge in [0.2, 0.25) is 5.78 Å².